The average Bonchev–Trinajstić information content (AvgIpc) is 2.79. The molecule has 0 aliphatic carbocycles. The molecule has 2 heterocycles. The van der Waals surface area contributed by atoms with Gasteiger partial charge in [0.1, 0.15) is 0 Å². The fraction of sp³-hybridized carbons (Fsp3) is 0.308. The molecule has 17 heavy (non-hydrogen) atoms. The zero-order chi connectivity index (χ0) is 12.2. The van der Waals surface area contributed by atoms with Gasteiger partial charge < -0.3 is 14.0 Å². The normalized spacial score (nSPS) is 13.4. The first-order valence-corrected chi connectivity index (χ1v) is 5.49. The molecular weight excluding hydrogens is 218 g/mol. The van der Waals surface area contributed by atoms with Gasteiger partial charge in [-0.2, -0.15) is 0 Å². The molecule has 0 saturated carbocycles. The molecule has 0 saturated heterocycles. The lowest BCUT2D eigenvalue weighted by Gasteiger charge is -2.11. The number of ether oxygens (including phenoxy) is 2. The first-order chi connectivity index (χ1) is 8.09. The average molecular weight is 231 g/mol. The van der Waals surface area contributed by atoms with Gasteiger partial charge in [-0.25, -0.2) is 0 Å². The third-order valence-electron chi connectivity index (χ3n) is 3.50. The Kier molecular flexibility index (Phi) is 1.96. The highest BCUT2D eigenvalue weighted by Gasteiger charge is 2.17. The van der Waals surface area contributed by atoms with Gasteiger partial charge in [-0.05, 0) is 36.9 Å². The highest BCUT2D eigenvalue weighted by atomic mass is 16.7. The van der Waals surface area contributed by atoms with E-state index < -0.39 is 0 Å². The van der Waals surface area contributed by atoms with Gasteiger partial charge in [-0.15, -0.1) is 0 Å². The lowest BCUT2D eigenvalue weighted by Crippen LogP contribution is -2.20. The highest BCUT2D eigenvalue weighted by molar-refractivity contribution is 5.88. The third-order valence-corrected chi connectivity index (χ3v) is 3.50. The van der Waals surface area contributed by atoms with Gasteiger partial charge in [-0.1, -0.05) is 0 Å². The number of pyridine rings is 1. The minimum Gasteiger partial charge on any atom is -0.454 e. The van der Waals surface area contributed by atoms with Gasteiger partial charge in [0.15, 0.2) is 11.5 Å². The SMILES string of the molecule is Cc1c(C)n(C)c(=O)c2cc3c(cc12)OCO3. The molecule has 0 amide bonds. The van der Waals surface area contributed by atoms with Crippen LogP contribution in [0.15, 0.2) is 16.9 Å². The summed E-state index contributed by atoms with van der Waals surface area (Å²) in [6, 6.07) is 3.66. The Morgan fingerprint density at radius 1 is 1.12 bits per heavy atom. The van der Waals surface area contributed by atoms with Crippen LogP contribution in [0.2, 0.25) is 0 Å². The second kappa shape index (κ2) is 3.26. The van der Waals surface area contributed by atoms with Crippen molar-refractivity contribution in [2.45, 2.75) is 13.8 Å². The first kappa shape index (κ1) is 10.2. The van der Waals surface area contributed by atoms with E-state index in [4.69, 9.17) is 9.47 Å². The van der Waals surface area contributed by atoms with Crippen molar-refractivity contribution >= 4 is 10.8 Å². The van der Waals surface area contributed by atoms with E-state index in [0.29, 0.717) is 16.9 Å². The number of benzene rings is 1. The number of hydrogen-bond donors (Lipinski definition) is 0. The van der Waals surface area contributed by atoms with Crippen LogP contribution in [0.5, 0.6) is 11.5 Å². The second-order valence-corrected chi connectivity index (χ2v) is 4.33. The van der Waals surface area contributed by atoms with Gasteiger partial charge in [0.05, 0.1) is 5.39 Å². The molecule has 0 spiro atoms. The zero-order valence-electron chi connectivity index (χ0n) is 10.0. The molecule has 0 unspecified atom stereocenters. The van der Waals surface area contributed by atoms with Crippen molar-refractivity contribution in [2.24, 2.45) is 7.05 Å². The van der Waals surface area contributed by atoms with E-state index in [0.717, 1.165) is 16.6 Å². The Balaban J connectivity index is 2.51. The van der Waals surface area contributed by atoms with Crippen molar-refractivity contribution in [1.29, 1.82) is 0 Å². The lowest BCUT2D eigenvalue weighted by atomic mass is 10.0. The van der Waals surface area contributed by atoms with Crippen LogP contribution >= 0.6 is 0 Å². The maximum absolute atomic E-state index is 12.2. The number of hydrogen-bond acceptors (Lipinski definition) is 3. The molecule has 2 aromatic rings. The topological polar surface area (TPSA) is 40.5 Å². The summed E-state index contributed by atoms with van der Waals surface area (Å²) in [4.78, 5) is 12.2. The van der Waals surface area contributed by atoms with Gasteiger partial charge in [0.25, 0.3) is 5.56 Å². The molecule has 4 heteroatoms. The summed E-state index contributed by atoms with van der Waals surface area (Å²) in [5.41, 5.74) is 2.07. The zero-order valence-corrected chi connectivity index (χ0v) is 10.0. The molecule has 88 valence electrons. The van der Waals surface area contributed by atoms with Crippen LogP contribution in [0.4, 0.5) is 0 Å². The van der Waals surface area contributed by atoms with Gasteiger partial charge >= 0.3 is 0 Å². The van der Waals surface area contributed by atoms with E-state index in [1.807, 2.05) is 19.9 Å². The number of aromatic nitrogens is 1. The second-order valence-electron chi connectivity index (χ2n) is 4.33. The maximum Gasteiger partial charge on any atom is 0.258 e. The standard InChI is InChI=1S/C13H13NO3/c1-7-8(2)14(3)13(15)10-5-12-11(4-9(7)10)16-6-17-12/h4-5H,6H2,1-3H3. The van der Waals surface area contributed by atoms with Crippen molar-refractivity contribution in [3.05, 3.63) is 33.7 Å². The highest BCUT2D eigenvalue weighted by Crippen LogP contribution is 2.36. The minimum absolute atomic E-state index is 0.00130. The van der Waals surface area contributed by atoms with Crippen molar-refractivity contribution in [1.82, 2.24) is 4.57 Å². The largest absolute Gasteiger partial charge is 0.454 e. The monoisotopic (exact) mass is 231 g/mol. The maximum atomic E-state index is 12.2. The minimum atomic E-state index is 0.00130. The third kappa shape index (κ3) is 1.27. The summed E-state index contributed by atoms with van der Waals surface area (Å²) in [5, 5.41) is 1.62. The van der Waals surface area contributed by atoms with Crippen LogP contribution < -0.4 is 15.0 Å². The molecule has 4 nitrogen and oxygen atoms in total. The molecule has 1 aliphatic rings. The van der Waals surface area contributed by atoms with E-state index >= 15 is 0 Å². The Labute approximate surface area is 98.4 Å². The predicted molar refractivity (Wildman–Crippen MR) is 64.8 cm³/mol. The van der Waals surface area contributed by atoms with Crippen molar-refractivity contribution in [3.63, 3.8) is 0 Å². The number of nitrogens with zero attached hydrogens (tertiary/aromatic N) is 1. The summed E-state index contributed by atoms with van der Waals surface area (Å²) in [7, 11) is 1.79. The van der Waals surface area contributed by atoms with E-state index in [1.54, 1.807) is 17.7 Å². The summed E-state index contributed by atoms with van der Waals surface area (Å²) >= 11 is 0. The molecule has 1 aromatic carbocycles. The van der Waals surface area contributed by atoms with E-state index in [-0.39, 0.29) is 12.4 Å². The Hall–Kier alpha value is -1.97. The van der Waals surface area contributed by atoms with Crippen molar-refractivity contribution in [2.75, 3.05) is 6.79 Å². The van der Waals surface area contributed by atoms with Gasteiger partial charge in [-0.3, -0.25) is 4.79 Å². The van der Waals surface area contributed by atoms with E-state index in [9.17, 15) is 4.79 Å². The first-order valence-electron chi connectivity index (χ1n) is 5.49. The van der Waals surface area contributed by atoms with E-state index in [1.165, 1.54) is 0 Å². The Morgan fingerprint density at radius 2 is 1.71 bits per heavy atom. The van der Waals surface area contributed by atoms with Crippen molar-refractivity contribution < 1.29 is 9.47 Å². The molecule has 3 rings (SSSR count). The van der Waals surface area contributed by atoms with Gasteiger partial charge in [0.2, 0.25) is 6.79 Å². The molecule has 1 aromatic heterocycles. The molecule has 0 radical (unpaired) electrons. The van der Waals surface area contributed by atoms with Crippen LogP contribution in [0.25, 0.3) is 10.8 Å². The number of fused-ring (bicyclic) bond motifs is 2. The molecule has 0 atom stereocenters. The summed E-state index contributed by atoms with van der Waals surface area (Å²) in [6.07, 6.45) is 0. The number of rotatable bonds is 0. The predicted octanol–water partition coefficient (Wildman–Crippen LogP) is 1.88. The van der Waals surface area contributed by atoms with E-state index in [2.05, 4.69) is 0 Å². The van der Waals surface area contributed by atoms with Crippen molar-refractivity contribution in [3.8, 4) is 11.5 Å². The lowest BCUT2D eigenvalue weighted by molar-refractivity contribution is 0.174. The van der Waals surface area contributed by atoms with Crippen LogP contribution in [-0.2, 0) is 7.05 Å². The van der Waals surface area contributed by atoms with Crippen LogP contribution in [0.1, 0.15) is 11.3 Å². The molecule has 0 fully saturated rings. The Morgan fingerprint density at radius 3 is 2.35 bits per heavy atom. The summed E-state index contributed by atoms with van der Waals surface area (Å²) in [6.45, 7) is 4.18. The summed E-state index contributed by atoms with van der Waals surface area (Å²) in [5.74, 6) is 1.37. The molecule has 0 bridgehead atoms. The number of aryl methyl sites for hydroxylation is 1. The molecule has 1 aliphatic heterocycles. The Bertz CT molecular complexity index is 685. The molecule has 0 N–H and O–H groups in total. The quantitative estimate of drug-likeness (QED) is 0.695. The molecular formula is C13H13NO3. The summed E-state index contributed by atoms with van der Waals surface area (Å²) < 4.78 is 12.3. The fourth-order valence-electron chi connectivity index (χ4n) is 2.21. The fourth-order valence-corrected chi connectivity index (χ4v) is 2.21. The van der Waals surface area contributed by atoms with Crippen LogP contribution in [0.3, 0.4) is 0 Å². The van der Waals surface area contributed by atoms with Crippen LogP contribution in [0, 0.1) is 13.8 Å². The van der Waals surface area contributed by atoms with Crippen LogP contribution in [-0.4, -0.2) is 11.4 Å². The van der Waals surface area contributed by atoms with Gasteiger partial charge in [0, 0.05) is 12.7 Å². The smallest absolute Gasteiger partial charge is 0.258 e.